The Kier molecular flexibility index (Phi) is 4.69. The van der Waals surface area contributed by atoms with Gasteiger partial charge in [-0.25, -0.2) is 0 Å². The Morgan fingerprint density at radius 1 is 1.37 bits per heavy atom. The molecule has 0 unspecified atom stereocenters. The molecule has 1 aromatic heterocycles. The van der Waals surface area contributed by atoms with E-state index in [1.807, 2.05) is 30.3 Å². The summed E-state index contributed by atoms with van der Waals surface area (Å²) in [4.78, 5) is 12.0. The normalized spacial score (nSPS) is 10.4. The monoisotopic (exact) mass is 260 g/mol. The molecule has 5 heteroatoms. The van der Waals surface area contributed by atoms with Gasteiger partial charge in [0.1, 0.15) is 5.56 Å². The number of carbonyl (C=O) groups is 1. The molecule has 0 fully saturated rings. The third-order valence-electron chi connectivity index (χ3n) is 2.66. The van der Waals surface area contributed by atoms with Gasteiger partial charge >= 0.3 is 0 Å². The third-order valence-corrected chi connectivity index (χ3v) is 2.66. The van der Waals surface area contributed by atoms with Gasteiger partial charge in [0.05, 0.1) is 6.20 Å². The Hall–Kier alpha value is -2.14. The Morgan fingerprint density at radius 2 is 2.16 bits per heavy atom. The number of ether oxygens (including phenoxy) is 1. The SMILES string of the molecule is COCCCNC(=O)c1cnoc1-c1ccccc1. The van der Waals surface area contributed by atoms with Crippen LogP contribution in [0.1, 0.15) is 16.8 Å². The van der Waals surface area contributed by atoms with Crippen molar-refractivity contribution in [3.8, 4) is 11.3 Å². The molecule has 0 saturated carbocycles. The van der Waals surface area contributed by atoms with Gasteiger partial charge in [-0.2, -0.15) is 0 Å². The average Bonchev–Trinajstić information content (AvgIpc) is 2.94. The lowest BCUT2D eigenvalue weighted by Gasteiger charge is -2.04. The van der Waals surface area contributed by atoms with Crippen LogP contribution in [-0.4, -0.2) is 31.3 Å². The van der Waals surface area contributed by atoms with Crippen LogP contribution in [0.2, 0.25) is 0 Å². The van der Waals surface area contributed by atoms with E-state index in [-0.39, 0.29) is 5.91 Å². The predicted molar refractivity (Wildman–Crippen MR) is 70.8 cm³/mol. The molecule has 100 valence electrons. The maximum Gasteiger partial charge on any atom is 0.256 e. The van der Waals surface area contributed by atoms with E-state index in [1.54, 1.807) is 7.11 Å². The van der Waals surface area contributed by atoms with Gasteiger partial charge in [0, 0.05) is 25.8 Å². The van der Waals surface area contributed by atoms with Crippen molar-refractivity contribution in [2.75, 3.05) is 20.3 Å². The lowest BCUT2D eigenvalue weighted by atomic mass is 10.1. The molecule has 0 aliphatic heterocycles. The standard InChI is InChI=1S/C14H16N2O3/c1-18-9-5-8-15-14(17)12-10-16-19-13(12)11-6-3-2-4-7-11/h2-4,6-7,10H,5,8-9H2,1H3,(H,15,17). The van der Waals surface area contributed by atoms with Crippen molar-refractivity contribution in [3.63, 3.8) is 0 Å². The molecular formula is C14H16N2O3. The van der Waals surface area contributed by atoms with Gasteiger partial charge in [0.15, 0.2) is 5.76 Å². The van der Waals surface area contributed by atoms with Crippen molar-refractivity contribution in [3.05, 3.63) is 42.1 Å². The van der Waals surface area contributed by atoms with E-state index in [9.17, 15) is 4.79 Å². The van der Waals surface area contributed by atoms with E-state index in [0.717, 1.165) is 12.0 Å². The molecule has 0 atom stereocenters. The molecule has 0 saturated heterocycles. The molecule has 2 rings (SSSR count). The van der Waals surface area contributed by atoms with E-state index >= 15 is 0 Å². The van der Waals surface area contributed by atoms with Crippen LogP contribution in [0, 0.1) is 0 Å². The summed E-state index contributed by atoms with van der Waals surface area (Å²) in [5, 5.41) is 6.51. The summed E-state index contributed by atoms with van der Waals surface area (Å²) < 4.78 is 10.1. The minimum Gasteiger partial charge on any atom is -0.385 e. The molecule has 0 radical (unpaired) electrons. The fraction of sp³-hybridized carbons (Fsp3) is 0.286. The number of aromatic nitrogens is 1. The first-order valence-electron chi connectivity index (χ1n) is 6.10. The summed E-state index contributed by atoms with van der Waals surface area (Å²) in [6, 6.07) is 9.44. The zero-order valence-electron chi connectivity index (χ0n) is 10.8. The molecule has 0 aliphatic carbocycles. The van der Waals surface area contributed by atoms with E-state index < -0.39 is 0 Å². The molecule has 1 amide bonds. The number of methoxy groups -OCH3 is 1. The van der Waals surface area contributed by atoms with Crippen molar-refractivity contribution in [2.45, 2.75) is 6.42 Å². The maximum atomic E-state index is 12.0. The summed E-state index contributed by atoms with van der Waals surface area (Å²) in [6.07, 6.45) is 2.21. The Balaban J connectivity index is 2.05. The number of hydrogen-bond donors (Lipinski definition) is 1. The Labute approximate surface area is 111 Å². The molecule has 19 heavy (non-hydrogen) atoms. The molecule has 0 aliphatic rings. The van der Waals surface area contributed by atoms with Crippen LogP contribution in [0.3, 0.4) is 0 Å². The number of carbonyl (C=O) groups excluding carboxylic acids is 1. The topological polar surface area (TPSA) is 64.4 Å². The molecule has 5 nitrogen and oxygen atoms in total. The van der Waals surface area contributed by atoms with Gasteiger partial charge in [-0.3, -0.25) is 4.79 Å². The minimum absolute atomic E-state index is 0.184. The van der Waals surface area contributed by atoms with Crippen LogP contribution < -0.4 is 5.32 Å². The summed E-state index contributed by atoms with van der Waals surface area (Å²) in [5.74, 6) is 0.307. The lowest BCUT2D eigenvalue weighted by Crippen LogP contribution is -2.25. The summed E-state index contributed by atoms with van der Waals surface area (Å²) >= 11 is 0. The van der Waals surface area contributed by atoms with Crippen LogP contribution in [0.25, 0.3) is 11.3 Å². The van der Waals surface area contributed by atoms with Crippen LogP contribution in [-0.2, 0) is 4.74 Å². The molecule has 0 bridgehead atoms. The second kappa shape index (κ2) is 6.70. The maximum absolute atomic E-state index is 12.0. The van der Waals surface area contributed by atoms with Crippen LogP contribution in [0.15, 0.2) is 41.1 Å². The number of benzene rings is 1. The molecule has 1 N–H and O–H groups in total. The highest BCUT2D eigenvalue weighted by Crippen LogP contribution is 2.22. The van der Waals surface area contributed by atoms with E-state index in [0.29, 0.717) is 24.5 Å². The molecule has 1 aromatic carbocycles. The molecular weight excluding hydrogens is 244 g/mol. The van der Waals surface area contributed by atoms with Gasteiger partial charge in [-0.1, -0.05) is 35.5 Å². The summed E-state index contributed by atoms with van der Waals surface area (Å²) in [7, 11) is 1.63. The van der Waals surface area contributed by atoms with Crippen LogP contribution >= 0.6 is 0 Å². The van der Waals surface area contributed by atoms with Gasteiger partial charge < -0.3 is 14.6 Å². The van der Waals surface area contributed by atoms with E-state index in [1.165, 1.54) is 6.20 Å². The van der Waals surface area contributed by atoms with Crippen LogP contribution in [0.4, 0.5) is 0 Å². The van der Waals surface area contributed by atoms with Crippen molar-refractivity contribution < 1.29 is 14.1 Å². The first-order valence-corrected chi connectivity index (χ1v) is 6.10. The highest BCUT2D eigenvalue weighted by molar-refractivity contribution is 5.99. The van der Waals surface area contributed by atoms with Crippen LogP contribution in [0.5, 0.6) is 0 Å². The average molecular weight is 260 g/mol. The fourth-order valence-corrected chi connectivity index (χ4v) is 1.71. The predicted octanol–water partition coefficient (Wildman–Crippen LogP) is 2.11. The number of hydrogen-bond acceptors (Lipinski definition) is 4. The Bertz CT molecular complexity index is 522. The zero-order valence-corrected chi connectivity index (χ0v) is 10.8. The second-order valence-electron chi connectivity index (χ2n) is 4.04. The van der Waals surface area contributed by atoms with Crippen molar-refractivity contribution >= 4 is 5.91 Å². The van der Waals surface area contributed by atoms with E-state index in [4.69, 9.17) is 9.26 Å². The van der Waals surface area contributed by atoms with Crippen molar-refractivity contribution in [1.29, 1.82) is 0 Å². The lowest BCUT2D eigenvalue weighted by molar-refractivity contribution is 0.0949. The smallest absolute Gasteiger partial charge is 0.256 e. The number of rotatable bonds is 6. The largest absolute Gasteiger partial charge is 0.385 e. The van der Waals surface area contributed by atoms with Gasteiger partial charge in [0.25, 0.3) is 5.91 Å². The quantitative estimate of drug-likeness (QED) is 0.808. The second-order valence-corrected chi connectivity index (χ2v) is 4.04. The number of nitrogens with zero attached hydrogens (tertiary/aromatic N) is 1. The molecule has 2 aromatic rings. The zero-order chi connectivity index (χ0) is 13.5. The van der Waals surface area contributed by atoms with Crippen molar-refractivity contribution in [1.82, 2.24) is 10.5 Å². The minimum atomic E-state index is -0.184. The Morgan fingerprint density at radius 3 is 2.89 bits per heavy atom. The number of nitrogens with one attached hydrogen (secondary N) is 1. The fourth-order valence-electron chi connectivity index (χ4n) is 1.71. The van der Waals surface area contributed by atoms with Gasteiger partial charge in [-0.15, -0.1) is 0 Å². The molecule has 1 heterocycles. The first kappa shape index (κ1) is 13.3. The molecule has 0 spiro atoms. The van der Waals surface area contributed by atoms with E-state index in [2.05, 4.69) is 10.5 Å². The van der Waals surface area contributed by atoms with Gasteiger partial charge in [-0.05, 0) is 6.42 Å². The highest BCUT2D eigenvalue weighted by atomic mass is 16.5. The first-order chi connectivity index (χ1) is 9.33. The highest BCUT2D eigenvalue weighted by Gasteiger charge is 2.16. The van der Waals surface area contributed by atoms with Crippen molar-refractivity contribution in [2.24, 2.45) is 0 Å². The summed E-state index contributed by atoms with van der Waals surface area (Å²) in [6.45, 7) is 1.18. The number of amides is 1. The van der Waals surface area contributed by atoms with Gasteiger partial charge in [0.2, 0.25) is 0 Å². The summed E-state index contributed by atoms with van der Waals surface area (Å²) in [5.41, 5.74) is 1.28. The third kappa shape index (κ3) is 3.42.